The number of benzene rings is 3. The largest absolute Gasteiger partial charge is 0.352 e. The monoisotopic (exact) mass is 450 g/mol. The van der Waals surface area contributed by atoms with Crippen molar-refractivity contribution in [1.29, 1.82) is 0 Å². The Morgan fingerprint density at radius 2 is 1.59 bits per heavy atom. The SMILES string of the molecule is O=C(Cc1ccc(N2CCCC2=O)cc1)NCc1cn(-c2ccccc2)nc1-c1ccccc1. The van der Waals surface area contributed by atoms with Gasteiger partial charge in [0, 0.05) is 42.5 Å². The van der Waals surface area contributed by atoms with Gasteiger partial charge in [0.05, 0.1) is 17.8 Å². The number of carbonyl (C=O) groups excluding carboxylic acids is 2. The maximum absolute atomic E-state index is 12.7. The molecule has 3 aromatic carbocycles. The van der Waals surface area contributed by atoms with E-state index in [0.29, 0.717) is 13.0 Å². The molecule has 5 rings (SSSR count). The molecule has 6 heteroatoms. The van der Waals surface area contributed by atoms with Crippen LogP contribution in [-0.2, 0) is 22.6 Å². The Morgan fingerprint density at radius 1 is 0.882 bits per heavy atom. The fourth-order valence-electron chi connectivity index (χ4n) is 4.25. The van der Waals surface area contributed by atoms with E-state index in [-0.39, 0.29) is 18.2 Å². The van der Waals surface area contributed by atoms with E-state index in [0.717, 1.165) is 46.7 Å². The van der Waals surface area contributed by atoms with Gasteiger partial charge in [-0.2, -0.15) is 5.10 Å². The molecule has 0 radical (unpaired) electrons. The number of carbonyl (C=O) groups is 2. The highest BCUT2D eigenvalue weighted by Gasteiger charge is 2.21. The zero-order valence-corrected chi connectivity index (χ0v) is 18.9. The number of nitrogens with zero attached hydrogens (tertiary/aromatic N) is 3. The van der Waals surface area contributed by atoms with Gasteiger partial charge >= 0.3 is 0 Å². The number of hydrogen-bond acceptors (Lipinski definition) is 3. The highest BCUT2D eigenvalue weighted by molar-refractivity contribution is 5.95. The number of amides is 2. The van der Waals surface area contributed by atoms with Crippen molar-refractivity contribution < 1.29 is 9.59 Å². The van der Waals surface area contributed by atoms with Crippen LogP contribution in [-0.4, -0.2) is 28.1 Å². The maximum Gasteiger partial charge on any atom is 0.227 e. The molecule has 4 aromatic rings. The third-order valence-electron chi connectivity index (χ3n) is 6.02. The fraction of sp³-hybridized carbons (Fsp3) is 0.179. The molecule has 0 unspecified atom stereocenters. The van der Waals surface area contributed by atoms with Crippen molar-refractivity contribution in [2.24, 2.45) is 0 Å². The second kappa shape index (κ2) is 9.75. The number of para-hydroxylation sites is 1. The van der Waals surface area contributed by atoms with Crippen molar-refractivity contribution in [2.75, 3.05) is 11.4 Å². The van der Waals surface area contributed by atoms with Gasteiger partial charge in [0.1, 0.15) is 0 Å². The smallest absolute Gasteiger partial charge is 0.227 e. The first kappa shape index (κ1) is 21.6. The molecule has 1 saturated heterocycles. The van der Waals surface area contributed by atoms with Crippen LogP contribution in [0.1, 0.15) is 24.0 Å². The van der Waals surface area contributed by atoms with Crippen LogP contribution < -0.4 is 10.2 Å². The molecule has 0 atom stereocenters. The van der Waals surface area contributed by atoms with Crippen LogP contribution in [0.2, 0.25) is 0 Å². The molecule has 1 fully saturated rings. The summed E-state index contributed by atoms with van der Waals surface area (Å²) in [6, 6.07) is 27.6. The van der Waals surface area contributed by atoms with Gasteiger partial charge in [-0.3, -0.25) is 9.59 Å². The van der Waals surface area contributed by atoms with Gasteiger partial charge < -0.3 is 10.2 Å². The van der Waals surface area contributed by atoms with Crippen LogP contribution in [0.4, 0.5) is 5.69 Å². The quantitative estimate of drug-likeness (QED) is 0.450. The van der Waals surface area contributed by atoms with Gasteiger partial charge in [0.15, 0.2) is 0 Å². The number of anilines is 1. The molecule has 1 aliphatic rings. The van der Waals surface area contributed by atoms with Gasteiger partial charge in [-0.1, -0.05) is 60.7 Å². The maximum atomic E-state index is 12.7. The molecule has 2 amide bonds. The van der Waals surface area contributed by atoms with Crippen LogP contribution in [0.3, 0.4) is 0 Å². The van der Waals surface area contributed by atoms with Gasteiger partial charge in [-0.05, 0) is 36.2 Å². The molecular formula is C28H26N4O2. The minimum Gasteiger partial charge on any atom is -0.352 e. The summed E-state index contributed by atoms with van der Waals surface area (Å²) < 4.78 is 1.85. The zero-order chi connectivity index (χ0) is 23.3. The van der Waals surface area contributed by atoms with Gasteiger partial charge in [-0.25, -0.2) is 4.68 Å². The summed E-state index contributed by atoms with van der Waals surface area (Å²) in [5, 5.41) is 7.84. The van der Waals surface area contributed by atoms with Crippen LogP contribution in [0.15, 0.2) is 91.1 Å². The molecule has 170 valence electrons. The number of nitrogens with one attached hydrogen (secondary N) is 1. The number of aromatic nitrogens is 2. The summed E-state index contributed by atoms with van der Waals surface area (Å²) in [7, 11) is 0. The Labute approximate surface area is 198 Å². The molecule has 1 aromatic heterocycles. The molecule has 34 heavy (non-hydrogen) atoms. The van der Waals surface area contributed by atoms with E-state index in [1.54, 1.807) is 4.90 Å². The minimum atomic E-state index is -0.0588. The summed E-state index contributed by atoms with van der Waals surface area (Å²) in [6.45, 7) is 1.15. The first-order valence-corrected chi connectivity index (χ1v) is 11.5. The van der Waals surface area contributed by atoms with Gasteiger partial charge in [-0.15, -0.1) is 0 Å². The predicted molar refractivity (Wildman–Crippen MR) is 133 cm³/mol. The van der Waals surface area contributed by atoms with E-state index in [2.05, 4.69) is 5.32 Å². The van der Waals surface area contributed by atoms with Gasteiger partial charge in [0.2, 0.25) is 11.8 Å². The van der Waals surface area contributed by atoms with E-state index < -0.39 is 0 Å². The average Bonchev–Trinajstić information content (AvgIpc) is 3.51. The normalized spacial score (nSPS) is 13.3. The van der Waals surface area contributed by atoms with E-state index in [1.807, 2.05) is 95.8 Å². The summed E-state index contributed by atoms with van der Waals surface area (Å²) in [5.74, 6) is 0.104. The summed E-state index contributed by atoms with van der Waals surface area (Å²) in [5.41, 5.74) is 5.58. The summed E-state index contributed by atoms with van der Waals surface area (Å²) in [4.78, 5) is 26.4. The van der Waals surface area contributed by atoms with E-state index in [1.165, 1.54) is 0 Å². The fourth-order valence-corrected chi connectivity index (χ4v) is 4.25. The lowest BCUT2D eigenvalue weighted by Gasteiger charge is -2.15. The van der Waals surface area contributed by atoms with Crippen molar-refractivity contribution in [1.82, 2.24) is 15.1 Å². The molecule has 2 heterocycles. The van der Waals surface area contributed by atoms with Crippen molar-refractivity contribution in [2.45, 2.75) is 25.8 Å². The Morgan fingerprint density at radius 3 is 2.26 bits per heavy atom. The third-order valence-corrected chi connectivity index (χ3v) is 6.02. The lowest BCUT2D eigenvalue weighted by Crippen LogP contribution is -2.25. The topological polar surface area (TPSA) is 67.2 Å². The third kappa shape index (κ3) is 4.76. The molecule has 0 aliphatic carbocycles. The van der Waals surface area contributed by atoms with Crippen molar-refractivity contribution in [3.05, 3.63) is 102 Å². The van der Waals surface area contributed by atoms with Gasteiger partial charge in [0.25, 0.3) is 0 Å². The molecule has 0 spiro atoms. The van der Waals surface area contributed by atoms with E-state index in [9.17, 15) is 9.59 Å². The van der Waals surface area contributed by atoms with Crippen molar-refractivity contribution >= 4 is 17.5 Å². The first-order chi connectivity index (χ1) is 16.7. The molecule has 1 N–H and O–H groups in total. The Bertz CT molecular complexity index is 1280. The lowest BCUT2D eigenvalue weighted by atomic mass is 10.1. The Balaban J connectivity index is 1.28. The summed E-state index contributed by atoms with van der Waals surface area (Å²) >= 11 is 0. The average molecular weight is 451 g/mol. The Kier molecular flexibility index (Phi) is 6.21. The molecular weight excluding hydrogens is 424 g/mol. The second-order valence-electron chi connectivity index (χ2n) is 8.42. The lowest BCUT2D eigenvalue weighted by molar-refractivity contribution is -0.120. The van der Waals surface area contributed by atoms with Crippen LogP contribution >= 0.6 is 0 Å². The molecule has 1 aliphatic heterocycles. The molecule has 0 bridgehead atoms. The van der Waals surface area contributed by atoms with Crippen LogP contribution in [0.25, 0.3) is 16.9 Å². The van der Waals surface area contributed by atoms with Crippen LogP contribution in [0.5, 0.6) is 0 Å². The van der Waals surface area contributed by atoms with E-state index in [4.69, 9.17) is 5.10 Å². The molecule has 6 nitrogen and oxygen atoms in total. The molecule has 0 saturated carbocycles. The zero-order valence-electron chi connectivity index (χ0n) is 18.9. The number of hydrogen-bond donors (Lipinski definition) is 1. The first-order valence-electron chi connectivity index (χ1n) is 11.5. The highest BCUT2D eigenvalue weighted by Crippen LogP contribution is 2.24. The Hall–Kier alpha value is -4.19. The standard InChI is InChI=1S/C28H26N4O2/c33-26(18-21-13-15-24(16-14-21)31-17-7-12-27(31)34)29-19-23-20-32(25-10-5-2-6-11-25)30-28(23)22-8-3-1-4-9-22/h1-6,8-11,13-16,20H,7,12,17-19H2,(H,29,33). The highest BCUT2D eigenvalue weighted by atomic mass is 16.2. The second-order valence-corrected chi connectivity index (χ2v) is 8.42. The number of rotatable bonds is 7. The predicted octanol–water partition coefficient (Wildman–Crippen LogP) is 4.53. The van der Waals surface area contributed by atoms with Crippen LogP contribution in [0, 0.1) is 0 Å². The summed E-state index contributed by atoms with van der Waals surface area (Å²) in [6.07, 6.45) is 3.76. The van der Waals surface area contributed by atoms with Crippen molar-refractivity contribution in [3.63, 3.8) is 0 Å². The minimum absolute atomic E-state index is 0.0588. The van der Waals surface area contributed by atoms with E-state index >= 15 is 0 Å². The van der Waals surface area contributed by atoms with Crippen molar-refractivity contribution in [3.8, 4) is 16.9 Å².